The first kappa shape index (κ1) is 21.9. The average molecular weight is 446 g/mol. The fraction of sp³-hybridized carbons (Fsp3) is 0. The van der Waals surface area contributed by atoms with Crippen molar-refractivity contribution in [1.29, 1.82) is 0 Å². The van der Waals surface area contributed by atoms with Gasteiger partial charge in [-0.15, -0.1) is 0 Å². The number of anilines is 4. The van der Waals surface area contributed by atoms with Gasteiger partial charge in [0.15, 0.2) is 46.5 Å². The zero-order valence-electron chi connectivity index (χ0n) is 15.0. The van der Waals surface area contributed by atoms with Crippen molar-refractivity contribution in [3.8, 4) is 0 Å². The lowest BCUT2D eigenvalue weighted by Crippen LogP contribution is -2.07. The van der Waals surface area contributed by atoms with E-state index in [4.69, 9.17) is 11.5 Å². The third-order valence-corrected chi connectivity index (χ3v) is 4.09. The number of nitrogens with one attached hydrogen (secondary N) is 1. The maximum Gasteiger partial charge on any atom is 0.189 e. The molecule has 3 aromatic carbocycles. The Hall–Kier alpha value is -3.83. The van der Waals surface area contributed by atoms with Crippen LogP contribution in [0.15, 0.2) is 29.3 Å². The summed E-state index contributed by atoms with van der Waals surface area (Å²) in [5, 5.41) is 2.13. The van der Waals surface area contributed by atoms with Crippen LogP contribution in [0.25, 0.3) is 0 Å². The molecule has 31 heavy (non-hydrogen) atoms. The van der Waals surface area contributed by atoms with Gasteiger partial charge in [-0.05, 0) is 17.7 Å². The van der Waals surface area contributed by atoms with Gasteiger partial charge in [-0.2, -0.15) is 0 Å². The molecule has 3 aromatic rings. The standard InChI is InChI=1S/C19H10F8N4/c20-8-12(24)18(13(25)9(21)16(8)28)30-5-6-1-3-7(4-2-6)31-19-14(26)10(22)17(29)11(23)15(19)27/h1-5,31H,28-29H2. The van der Waals surface area contributed by atoms with Gasteiger partial charge < -0.3 is 16.8 Å². The van der Waals surface area contributed by atoms with E-state index in [0.29, 0.717) is 0 Å². The Kier molecular flexibility index (Phi) is 5.73. The molecule has 0 amide bonds. The van der Waals surface area contributed by atoms with Crippen molar-refractivity contribution in [2.75, 3.05) is 16.8 Å². The van der Waals surface area contributed by atoms with Crippen molar-refractivity contribution < 1.29 is 35.1 Å². The number of nitrogens with two attached hydrogens (primary N) is 2. The summed E-state index contributed by atoms with van der Waals surface area (Å²) in [4.78, 5) is 3.35. The Morgan fingerprint density at radius 3 is 1.48 bits per heavy atom. The highest BCUT2D eigenvalue weighted by Gasteiger charge is 2.24. The van der Waals surface area contributed by atoms with Crippen LogP contribution >= 0.6 is 0 Å². The molecule has 0 fully saturated rings. The first-order chi connectivity index (χ1) is 14.5. The highest BCUT2D eigenvalue weighted by atomic mass is 19.2. The lowest BCUT2D eigenvalue weighted by molar-refractivity contribution is 0.463. The fourth-order valence-electron chi connectivity index (χ4n) is 2.44. The van der Waals surface area contributed by atoms with E-state index < -0.39 is 69.3 Å². The predicted octanol–water partition coefficient (Wildman–Crippen LogP) is 5.46. The van der Waals surface area contributed by atoms with Crippen molar-refractivity contribution in [1.82, 2.24) is 0 Å². The van der Waals surface area contributed by atoms with Gasteiger partial charge in [-0.25, -0.2) is 40.1 Å². The zero-order chi connectivity index (χ0) is 23.0. The number of hydrogen-bond donors (Lipinski definition) is 3. The van der Waals surface area contributed by atoms with Gasteiger partial charge in [-0.1, -0.05) is 12.1 Å². The van der Waals surface area contributed by atoms with E-state index in [1.54, 1.807) is 0 Å². The third kappa shape index (κ3) is 3.83. The van der Waals surface area contributed by atoms with E-state index in [1.807, 2.05) is 0 Å². The lowest BCUT2D eigenvalue weighted by atomic mass is 10.2. The molecule has 0 aliphatic rings. The molecule has 0 bridgehead atoms. The van der Waals surface area contributed by atoms with Crippen LogP contribution in [-0.2, 0) is 0 Å². The predicted molar refractivity (Wildman–Crippen MR) is 98.4 cm³/mol. The molecule has 0 aliphatic carbocycles. The molecule has 0 heterocycles. The van der Waals surface area contributed by atoms with Gasteiger partial charge >= 0.3 is 0 Å². The van der Waals surface area contributed by atoms with Crippen LogP contribution < -0.4 is 16.8 Å². The van der Waals surface area contributed by atoms with Crippen molar-refractivity contribution in [3.63, 3.8) is 0 Å². The Morgan fingerprint density at radius 2 is 1.03 bits per heavy atom. The van der Waals surface area contributed by atoms with Crippen LogP contribution in [0.2, 0.25) is 0 Å². The van der Waals surface area contributed by atoms with Crippen molar-refractivity contribution in [2.45, 2.75) is 0 Å². The fourth-order valence-corrected chi connectivity index (χ4v) is 2.44. The summed E-state index contributed by atoms with van der Waals surface area (Å²) in [6.45, 7) is 0. The molecule has 0 spiro atoms. The number of benzene rings is 3. The molecule has 0 atom stereocenters. The molecule has 4 nitrogen and oxygen atoms in total. The first-order valence-corrected chi connectivity index (χ1v) is 8.18. The molecule has 0 unspecified atom stereocenters. The largest absolute Gasteiger partial charge is 0.394 e. The molecule has 5 N–H and O–H groups in total. The van der Waals surface area contributed by atoms with E-state index >= 15 is 0 Å². The van der Waals surface area contributed by atoms with E-state index in [0.717, 1.165) is 6.21 Å². The summed E-state index contributed by atoms with van der Waals surface area (Å²) < 4.78 is 109. The van der Waals surface area contributed by atoms with Crippen LogP contribution in [0.3, 0.4) is 0 Å². The minimum absolute atomic E-state index is 0.0412. The van der Waals surface area contributed by atoms with Crippen LogP contribution in [0.1, 0.15) is 5.56 Å². The summed E-state index contributed by atoms with van der Waals surface area (Å²) in [5.74, 6) is -14.3. The Labute approximate surface area is 168 Å². The van der Waals surface area contributed by atoms with Gasteiger partial charge in [0, 0.05) is 11.9 Å². The molecular formula is C19H10F8N4. The van der Waals surface area contributed by atoms with Gasteiger partial charge in [0.2, 0.25) is 0 Å². The smallest absolute Gasteiger partial charge is 0.189 e. The number of rotatable bonds is 4. The molecular weight excluding hydrogens is 436 g/mol. The first-order valence-electron chi connectivity index (χ1n) is 8.18. The number of halogens is 8. The van der Waals surface area contributed by atoms with E-state index in [9.17, 15) is 35.1 Å². The number of aliphatic imine (C=N–C) groups is 1. The van der Waals surface area contributed by atoms with Crippen molar-refractivity contribution >= 4 is 34.7 Å². The second kappa shape index (κ2) is 8.13. The highest BCUT2D eigenvalue weighted by molar-refractivity contribution is 5.83. The normalized spacial score (nSPS) is 11.4. The average Bonchev–Trinajstić information content (AvgIpc) is 2.77. The molecule has 3 rings (SSSR count). The van der Waals surface area contributed by atoms with E-state index in [-0.39, 0.29) is 11.3 Å². The minimum atomic E-state index is -1.81. The van der Waals surface area contributed by atoms with Crippen molar-refractivity contribution in [2.24, 2.45) is 4.99 Å². The van der Waals surface area contributed by atoms with Gasteiger partial charge in [0.25, 0.3) is 0 Å². The maximum atomic E-state index is 13.9. The maximum absolute atomic E-state index is 13.9. The monoisotopic (exact) mass is 446 g/mol. The molecule has 12 heteroatoms. The molecule has 0 saturated carbocycles. The van der Waals surface area contributed by atoms with Gasteiger partial charge in [-0.3, -0.25) is 0 Å². The molecule has 0 aliphatic heterocycles. The molecule has 162 valence electrons. The summed E-state index contributed by atoms with van der Waals surface area (Å²) in [6, 6.07) is 4.77. The quantitative estimate of drug-likeness (QED) is 0.216. The van der Waals surface area contributed by atoms with Gasteiger partial charge in [0.1, 0.15) is 22.7 Å². The SMILES string of the molecule is Nc1c(F)c(F)c(N=Cc2ccc(Nc3c(F)c(F)c(N)c(F)c3F)cc2)c(F)c1F. The number of nitrogen functional groups attached to an aromatic ring is 2. The summed E-state index contributed by atoms with van der Waals surface area (Å²) in [5.41, 5.74) is 4.85. The summed E-state index contributed by atoms with van der Waals surface area (Å²) in [6.07, 6.45) is 0.837. The van der Waals surface area contributed by atoms with E-state index in [2.05, 4.69) is 10.3 Å². The second-order valence-electron chi connectivity index (χ2n) is 6.07. The molecule has 0 radical (unpaired) electrons. The van der Waals surface area contributed by atoms with Crippen LogP contribution in [-0.4, -0.2) is 6.21 Å². The zero-order valence-corrected chi connectivity index (χ0v) is 15.0. The Balaban J connectivity index is 1.88. The highest BCUT2D eigenvalue weighted by Crippen LogP contribution is 2.33. The van der Waals surface area contributed by atoms with Crippen LogP contribution in [0.4, 0.5) is 63.6 Å². The Bertz CT molecular complexity index is 1150. The van der Waals surface area contributed by atoms with Crippen LogP contribution in [0.5, 0.6) is 0 Å². The number of hydrogen-bond acceptors (Lipinski definition) is 4. The van der Waals surface area contributed by atoms with Crippen LogP contribution in [0, 0.1) is 46.5 Å². The molecule has 0 saturated heterocycles. The summed E-state index contributed by atoms with van der Waals surface area (Å²) in [7, 11) is 0. The minimum Gasteiger partial charge on any atom is -0.394 e. The van der Waals surface area contributed by atoms with Gasteiger partial charge in [0.05, 0.1) is 0 Å². The van der Waals surface area contributed by atoms with Crippen molar-refractivity contribution in [3.05, 3.63) is 76.4 Å². The third-order valence-electron chi connectivity index (χ3n) is 4.09. The second-order valence-corrected chi connectivity index (χ2v) is 6.07. The molecule has 0 aromatic heterocycles. The topological polar surface area (TPSA) is 76.4 Å². The number of nitrogens with zero attached hydrogens (tertiary/aromatic N) is 1. The van der Waals surface area contributed by atoms with E-state index in [1.165, 1.54) is 24.3 Å². The summed E-state index contributed by atoms with van der Waals surface area (Å²) >= 11 is 0. The lowest BCUT2D eigenvalue weighted by Gasteiger charge is -2.12. The Morgan fingerprint density at radius 1 is 0.613 bits per heavy atom.